The largest absolute Gasteiger partial charge is 0.378 e. The topological polar surface area (TPSA) is 70.6 Å². The molecule has 2 aromatic rings. The van der Waals surface area contributed by atoms with Gasteiger partial charge in [-0.2, -0.15) is 0 Å². The molecule has 0 radical (unpaired) electrons. The fourth-order valence-electron chi connectivity index (χ4n) is 2.97. The van der Waals surface area contributed by atoms with Crippen LogP contribution in [0.3, 0.4) is 0 Å². The number of hydrogen-bond acceptors (Lipinski definition) is 5. The van der Waals surface area contributed by atoms with Crippen molar-refractivity contribution < 1.29 is 9.53 Å². The zero-order chi connectivity index (χ0) is 17.2. The van der Waals surface area contributed by atoms with Gasteiger partial charge in [0.15, 0.2) is 0 Å². The molecule has 25 heavy (non-hydrogen) atoms. The summed E-state index contributed by atoms with van der Waals surface area (Å²) in [5.41, 5.74) is 2.56. The van der Waals surface area contributed by atoms with Crippen molar-refractivity contribution in [3.05, 3.63) is 46.7 Å². The molecule has 2 aliphatic heterocycles. The van der Waals surface area contributed by atoms with E-state index in [-0.39, 0.29) is 6.03 Å². The zero-order valence-corrected chi connectivity index (χ0v) is 14.4. The van der Waals surface area contributed by atoms with Gasteiger partial charge in [0, 0.05) is 35.6 Å². The molecule has 3 heterocycles. The van der Waals surface area contributed by atoms with Crippen LogP contribution in [0.15, 0.2) is 30.5 Å². The van der Waals surface area contributed by atoms with Gasteiger partial charge in [0.2, 0.25) is 5.95 Å². The molecule has 0 saturated carbocycles. The Morgan fingerprint density at radius 3 is 2.88 bits per heavy atom. The second-order valence-corrected chi connectivity index (χ2v) is 6.47. The van der Waals surface area contributed by atoms with Crippen molar-refractivity contribution in [3.8, 4) is 0 Å². The van der Waals surface area contributed by atoms with Crippen LogP contribution in [-0.2, 0) is 17.8 Å². The number of fused-ring (bicyclic) bond motifs is 1. The van der Waals surface area contributed by atoms with Crippen molar-refractivity contribution in [2.75, 3.05) is 36.5 Å². The number of aromatic nitrogens is 2. The molecule has 1 aromatic heterocycles. The van der Waals surface area contributed by atoms with Gasteiger partial charge in [0.25, 0.3) is 0 Å². The highest BCUT2D eigenvalue weighted by Gasteiger charge is 2.26. The maximum absolute atomic E-state index is 12.5. The molecule has 1 aromatic carbocycles. The van der Waals surface area contributed by atoms with E-state index in [1.54, 1.807) is 23.1 Å². The molecular formula is C17H18ClN5O2. The van der Waals surface area contributed by atoms with Crippen LogP contribution in [0.2, 0.25) is 5.02 Å². The van der Waals surface area contributed by atoms with Gasteiger partial charge in [0.1, 0.15) is 0 Å². The summed E-state index contributed by atoms with van der Waals surface area (Å²) >= 11 is 5.96. The van der Waals surface area contributed by atoms with Crippen molar-refractivity contribution in [2.24, 2.45) is 0 Å². The predicted molar refractivity (Wildman–Crippen MR) is 94.8 cm³/mol. The molecule has 1 N–H and O–H groups in total. The number of carbonyl (C=O) groups excluding carboxylic acids is 1. The SMILES string of the molecule is O=C(Nc1cccc(Cl)c1)N1Cc2cnc(N3CCOCC3)nc2C1. The molecule has 0 aliphatic carbocycles. The first-order chi connectivity index (χ1) is 12.2. The van der Waals surface area contributed by atoms with Gasteiger partial charge in [-0.05, 0) is 18.2 Å². The summed E-state index contributed by atoms with van der Waals surface area (Å²) in [5, 5.41) is 3.45. The molecule has 0 bridgehead atoms. The van der Waals surface area contributed by atoms with E-state index in [0.717, 1.165) is 24.3 Å². The Labute approximate surface area is 150 Å². The molecule has 2 amide bonds. The quantitative estimate of drug-likeness (QED) is 0.892. The summed E-state index contributed by atoms with van der Waals surface area (Å²) in [6.07, 6.45) is 1.82. The van der Waals surface area contributed by atoms with Crippen LogP contribution in [0.25, 0.3) is 0 Å². The average molecular weight is 360 g/mol. The number of benzene rings is 1. The smallest absolute Gasteiger partial charge is 0.322 e. The van der Waals surface area contributed by atoms with Gasteiger partial charge >= 0.3 is 6.03 Å². The van der Waals surface area contributed by atoms with Gasteiger partial charge < -0.3 is 19.9 Å². The number of nitrogens with zero attached hydrogens (tertiary/aromatic N) is 4. The number of morpholine rings is 1. The van der Waals surface area contributed by atoms with Gasteiger partial charge in [-0.15, -0.1) is 0 Å². The number of hydrogen-bond donors (Lipinski definition) is 1. The lowest BCUT2D eigenvalue weighted by Gasteiger charge is -2.26. The van der Waals surface area contributed by atoms with E-state index in [0.29, 0.717) is 43.0 Å². The number of anilines is 2. The predicted octanol–water partition coefficient (Wildman–Crippen LogP) is 2.51. The third-order valence-electron chi connectivity index (χ3n) is 4.30. The molecule has 8 heteroatoms. The van der Waals surface area contributed by atoms with Crippen molar-refractivity contribution >= 4 is 29.3 Å². The van der Waals surface area contributed by atoms with Crippen LogP contribution < -0.4 is 10.2 Å². The van der Waals surface area contributed by atoms with Crippen LogP contribution >= 0.6 is 11.6 Å². The maximum Gasteiger partial charge on any atom is 0.322 e. The van der Waals surface area contributed by atoms with Crippen molar-refractivity contribution in [3.63, 3.8) is 0 Å². The Hall–Kier alpha value is -2.38. The first kappa shape index (κ1) is 16.1. The van der Waals surface area contributed by atoms with Gasteiger partial charge in [-0.3, -0.25) is 0 Å². The number of halogens is 1. The van der Waals surface area contributed by atoms with E-state index in [2.05, 4.69) is 20.2 Å². The van der Waals surface area contributed by atoms with Gasteiger partial charge in [-0.1, -0.05) is 17.7 Å². The minimum absolute atomic E-state index is 0.173. The van der Waals surface area contributed by atoms with Crippen LogP contribution in [-0.4, -0.2) is 47.2 Å². The maximum atomic E-state index is 12.5. The number of carbonyl (C=O) groups is 1. The second-order valence-electron chi connectivity index (χ2n) is 6.04. The number of ether oxygens (including phenoxy) is 1. The Kier molecular flexibility index (Phi) is 4.42. The number of amides is 2. The summed E-state index contributed by atoms with van der Waals surface area (Å²) in [5.74, 6) is 0.708. The molecular weight excluding hydrogens is 342 g/mol. The van der Waals surface area contributed by atoms with Crippen molar-refractivity contribution in [2.45, 2.75) is 13.1 Å². The first-order valence-electron chi connectivity index (χ1n) is 8.18. The molecule has 4 rings (SSSR count). The number of nitrogens with one attached hydrogen (secondary N) is 1. The summed E-state index contributed by atoms with van der Waals surface area (Å²) < 4.78 is 5.36. The van der Waals surface area contributed by atoms with Crippen LogP contribution in [0.1, 0.15) is 11.3 Å². The highest BCUT2D eigenvalue weighted by Crippen LogP contribution is 2.24. The Bertz CT molecular complexity index is 794. The zero-order valence-electron chi connectivity index (χ0n) is 13.6. The minimum Gasteiger partial charge on any atom is -0.378 e. The lowest BCUT2D eigenvalue weighted by Crippen LogP contribution is -2.37. The van der Waals surface area contributed by atoms with E-state index < -0.39 is 0 Å². The summed E-state index contributed by atoms with van der Waals surface area (Å²) in [6, 6.07) is 6.93. The van der Waals surface area contributed by atoms with Crippen LogP contribution in [0, 0.1) is 0 Å². The average Bonchev–Trinajstić information content (AvgIpc) is 3.06. The summed E-state index contributed by atoms with van der Waals surface area (Å²) in [4.78, 5) is 25.4. The Morgan fingerprint density at radius 2 is 2.08 bits per heavy atom. The third-order valence-corrected chi connectivity index (χ3v) is 4.54. The number of rotatable bonds is 2. The van der Waals surface area contributed by atoms with E-state index in [1.807, 2.05) is 12.3 Å². The lowest BCUT2D eigenvalue weighted by molar-refractivity contribution is 0.122. The van der Waals surface area contributed by atoms with Gasteiger partial charge in [0.05, 0.1) is 32.0 Å². The summed E-state index contributed by atoms with van der Waals surface area (Å²) in [6.45, 7) is 3.94. The molecule has 0 atom stereocenters. The van der Waals surface area contributed by atoms with Crippen molar-refractivity contribution in [1.82, 2.24) is 14.9 Å². The standard InChI is InChI=1S/C17H18ClN5O2/c18-13-2-1-3-14(8-13)20-17(24)23-10-12-9-19-16(21-15(12)11-23)22-4-6-25-7-5-22/h1-3,8-9H,4-7,10-11H2,(H,20,24). The van der Waals surface area contributed by atoms with Gasteiger partial charge in [-0.25, -0.2) is 14.8 Å². The fraction of sp³-hybridized carbons (Fsp3) is 0.353. The molecule has 2 aliphatic rings. The number of urea groups is 1. The molecule has 0 spiro atoms. The third kappa shape index (κ3) is 3.52. The highest BCUT2D eigenvalue weighted by atomic mass is 35.5. The molecule has 0 unspecified atom stereocenters. The van der Waals surface area contributed by atoms with E-state index in [1.165, 1.54) is 0 Å². The van der Waals surface area contributed by atoms with Crippen LogP contribution in [0.5, 0.6) is 0 Å². The highest BCUT2D eigenvalue weighted by molar-refractivity contribution is 6.30. The fourth-order valence-corrected chi connectivity index (χ4v) is 3.16. The minimum atomic E-state index is -0.173. The van der Waals surface area contributed by atoms with Crippen molar-refractivity contribution in [1.29, 1.82) is 0 Å². The molecule has 1 fully saturated rings. The lowest BCUT2D eigenvalue weighted by atomic mass is 10.3. The monoisotopic (exact) mass is 359 g/mol. The van der Waals surface area contributed by atoms with E-state index in [4.69, 9.17) is 16.3 Å². The summed E-state index contributed by atoms with van der Waals surface area (Å²) in [7, 11) is 0. The second kappa shape index (κ2) is 6.85. The van der Waals surface area contributed by atoms with E-state index in [9.17, 15) is 4.79 Å². The Morgan fingerprint density at radius 1 is 1.24 bits per heavy atom. The molecule has 1 saturated heterocycles. The first-order valence-corrected chi connectivity index (χ1v) is 8.56. The molecule has 130 valence electrons. The van der Waals surface area contributed by atoms with E-state index >= 15 is 0 Å². The van der Waals surface area contributed by atoms with Crippen LogP contribution in [0.4, 0.5) is 16.4 Å². The normalized spacial score (nSPS) is 16.7. The molecule has 7 nitrogen and oxygen atoms in total. The Balaban J connectivity index is 1.44.